The number of nitrogens with one attached hydrogen (secondary N) is 1. The Balaban J connectivity index is 2.81. The summed E-state index contributed by atoms with van der Waals surface area (Å²) in [5.41, 5.74) is 6.14. The van der Waals surface area contributed by atoms with E-state index in [1.165, 1.54) is 0 Å². The highest BCUT2D eigenvalue weighted by Gasteiger charge is 2.40. The van der Waals surface area contributed by atoms with Gasteiger partial charge in [0.15, 0.2) is 6.10 Å². The molecule has 152 valence electrons. The summed E-state index contributed by atoms with van der Waals surface area (Å²) in [7, 11) is -4.42. The van der Waals surface area contributed by atoms with Crippen LogP contribution in [-0.2, 0) is 25.1 Å². The van der Waals surface area contributed by atoms with Gasteiger partial charge >= 0.3 is 13.6 Å². The number of benzene rings is 1. The summed E-state index contributed by atoms with van der Waals surface area (Å²) in [6.45, 7) is 3.71. The van der Waals surface area contributed by atoms with Crippen LogP contribution in [0.5, 0.6) is 0 Å². The van der Waals surface area contributed by atoms with Gasteiger partial charge < -0.3 is 21.1 Å². The monoisotopic (exact) mass is 400 g/mol. The molecule has 0 saturated heterocycles. The molecule has 3 atom stereocenters. The van der Waals surface area contributed by atoms with Crippen LogP contribution in [0, 0.1) is 5.92 Å². The molecule has 1 unspecified atom stereocenters. The van der Waals surface area contributed by atoms with Gasteiger partial charge in [0.2, 0.25) is 5.91 Å². The minimum atomic E-state index is -4.42. The quantitative estimate of drug-likeness (QED) is 0.311. The van der Waals surface area contributed by atoms with Gasteiger partial charge in [0.1, 0.15) is 5.78 Å². The van der Waals surface area contributed by atoms with Crippen molar-refractivity contribution in [3.63, 3.8) is 0 Å². The van der Waals surface area contributed by atoms with Crippen LogP contribution in [0.15, 0.2) is 30.3 Å². The Bertz CT molecular complexity index is 653. The molecule has 0 aliphatic carbocycles. The Kier molecular flexibility index (Phi) is 9.66. The molecule has 1 amide bonds. The molecule has 9 heteroatoms. The first kappa shape index (κ1) is 23.3. The van der Waals surface area contributed by atoms with Crippen molar-refractivity contribution in [1.82, 2.24) is 5.32 Å². The van der Waals surface area contributed by atoms with Gasteiger partial charge in [0.25, 0.3) is 0 Å². The summed E-state index contributed by atoms with van der Waals surface area (Å²) in [6.07, 6.45) is -0.271. The molecule has 0 aliphatic heterocycles. The molecule has 0 aromatic heterocycles. The fraction of sp³-hybridized carbons (Fsp3) is 0.556. The maximum absolute atomic E-state index is 12.7. The number of carboxylic acids is 1. The third kappa shape index (κ3) is 8.22. The fourth-order valence-electron chi connectivity index (χ4n) is 2.57. The van der Waals surface area contributed by atoms with Crippen LogP contribution in [0.1, 0.15) is 38.7 Å². The standard InChI is InChI=1S/C18H29N2O6P/c1-13(2)17(20-16(21)12-14-8-4-3-5-9-14)27(24,25)26-15(18(22)23)10-6-7-11-19/h3-5,8-9,13,15,17H,6-7,10-12,19H2,1-2H3,(H,20,21)(H,22,23)(H,24,25)/t15-,17-/m1/s1. The SMILES string of the molecule is CC(C)[C@H](NC(=O)Cc1ccccc1)P(=O)(O)O[C@H](CCCCN)C(=O)O. The third-order valence-corrected chi connectivity index (χ3v) is 5.96. The number of hydrogen-bond acceptors (Lipinski definition) is 5. The van der Waals surface area contributed by atoms with Crippen molar-refractivity contribution in [3.05, 3.63) is 35.9 Å². The third-order valence-electron chi connectivity index (χ3n) is 3.97. The van der Waals surface area contributed by atoms with Crippen molar-refractivity contribution in [3.8, 4) is 0 Å². The van der Waals surface area contributed by atoms with E-state index in [0.717, 1.165) is 5.56 Å². The summed E-state index contributed by atoms with van der Waals surface area (Å²) in [6, 6.07) is 8.96. The number of carbonyl (C=O) groups excluding carboxylic acids is 1. The van der Waals surface area contributed by atoms with Gasteiger partial charge in [-0.05, 0) is 37.3 Å². The molecule has 0 saturated carbocycles. The highest BCUT2D eigenvalue weighted by Crippen LogP contribution is 2.50. The summed E-state index contributed by atoms with van der Waals surface area (Å²) in [4.78, 5) is 34.0. The van der Waals surface area contributed by atoms with Gasteiger partial charge in [0, 0.05) is 0 Å². The zero-order chi connectivity index (χ0) is 20.4. The molecule has 0 radical (unpaired) electrons. The van der Waals surface area contributed by atoms with E-state index in [-0.39, 0.29) is 12.8 Å². The lowest BCUT2D eigenvalue weighted by Crippen LogP contribution is -2.40. The first-order valence-electron chi connectivity index (χ1n) is 8.94. The summed E-state index contributed by atoms with van der Waals surface area (Å²) < 4.78 is 17.8. The van der Waals surface area contributed by atoms with Crippen molar-refractivity contribution in [2.75, 3.05) is 6.54 Å². The average molecular weight is 400 g/mol. The number of nitrogens with two attached hydrogens (primary N) is 1. The molecule has 1 aromatic rings. The number of rotatable bonds is 12. The van der Waals surface area contributed by atoms with Gasteiger partial charge in [-0.1, -0.05) is 44.2 Å². The van der Waals surface area contributed by atoms with Crippen molar-refractivity contribution in [2.24, 2.45) is 11.7 Å². The lowest BCUT2D eigenvalue weighted by molar-refractivity contribution is -0.145. The molecule has 1 rings (SSSR count). The molecule has 0 spiro atoms. The summed E-state index contributed by atoms with van der Waals surface area (Å²) >= 11 is 0. The minimum absolute atomic E-state index is 0.0446. The van der Waals surface area contributed by atoms with Crippen LogP contribution in [-0.4, -0.2) is 40.3 Å². The van der Waals surface area contributed by atoms with Crippen molar-refractivity contribution in [2.45, 2.75) is 51.4 Å². The second-order valence-corrected chi connectivity index (χ2v) is 8.60. The second kappa shape index (κ2) is 11.2. The second-order valence-electron chi connectivity index (χ2n) is 6.70. The molecular formula is C18H29N2O6P. The zero-order valence-electron chi connectivity index (χ0n) is 15.7. The smallest absolute Gasteiger partial charge is 0.351 e. The first-order chi connectivity index (χ1) is 12.7. The highest BCUT2D eigenvalue weighted by atomic mass is 31.2. The molecule has 0 fully saturated rings. The Morgan fingerprint density at radius 1 is 1.22 bits per heavy atom. The normalized spacial score (nSPS) is 15.7. The molecule has 5 N–H and O–H groups in total. The molecule has 0 aliphatic rings. The number of unbranched alkanes of at least 4 members (excludes halogenated alkanes) is 1. The summed E-state index contributed by atoms with van der Waals surface area (Å²) in [5, 5.41) is 11.8. The van der Waals surface area contributed by atoms with E-state index < -0.39 is 37.3 Å². The lowest BCUT2D eigenvalue weighted by atomic mass is 10.1. The minimum Gasteiger partial charge on any atom is -0.479 e. The maximum atomic E-state index is 12.7. The Hall–Kier alpha value is -1.73. The van der Waals surface area contributed by atoms with E-state index in [9.17, 15) is 24.2 Å². The van der Waals surface area contributed by atoms with Crippen molar-refractivity contribution in [1.29, 1.82) is 0 Å². The lowest BCUT2D eigenvalue weighted by Gasteiger charge is -2.28. The Morgan fingerprint density at radius 2 is 1.85 bits per heavy atom. The van der Waals surface area contributed by atoms with E-state index in [1.54, 1.807) is 38.1 Å². The van der Waals surface area contributed by atoms with Crippen LogP contribution in [0.2, 0.25) is 0 Å². The van der Waals surface area contributed by atoms with E-state index in [0.29, 0.717) is 19.4 Å². The van der Waals surface area contributed by atoms with E-state index in [4.69, 9.17) is 10.3 Å². The van der Waals surface area contributed by atoms with Crippen LogP contribution in [0.4, 0.5) is 0 Å². The molecule has 27 heavy (non-hydrogen) atoms. The van der Waals surface area contributed by atoms with Crippen molar-refractivity contribution >= 4 is 19.5 Å². The zero-order valence-corrected chi connectivity index (χ0v) is 16.6. The van der Waals surface area contributed by atoms with Crippen LogP contribution < -0.4 is 11.1 Å². The van der Waals surface area contributed by atoms with Gasteiger partial charge in [-0.3, -0.25) is 13.9 Å². The average Bonchev–Trinajstić information content (AvgIpc) is 2.59. The molecular weight excluding hydrogens is 371 g/mol. The predicted molar refractivity (Wildman–Crippen MR) is 102 cm³/mol. The van der Waals surface area contributed by atoms with Gasteiger partial charge in [-0.25, -0.2) is 4.79 Å². The number of hydrogen-bond donors (Lipinski definition) is 4. The molecule has 0 heterocycles. The highest BCUT2D eigenvalue weighted by molar-refractivity contribution is 7.53. The summed E-state index contributed by atoms with van der Waals surface area (Å²) in [5.74, 6) is -3.39. The van der Waals surface area contributed by atoms with E-state index in [1.807, 2.05) is 6.07 Å². The fourth-order valence-corrected chi connectivity index (χ4v) is 4.32. The maximum Gasteiger partial charge on any atom is 0.351 e. The Labute approximate surface area is 159 Å². The molecule has 1 aromatic carbocycles. The van der Waals surface area contributed by atoms with Crippen LogP contribution in [0.3, 0.4) is 0 Å². The topological polar surface area (TPSA) is 139 Å². The van der Waals surface area contributed by atoms with Crippen LogP contribution >= 0.6 is 7.60 Å². The largest absolute Gasteiger partial charge is 0.479 e. The van der Waals surface area contributed by atoms with Gasteiger partial charge in [-0.15, -0.1) is 0 Å². The predicted octanol–water partition coefficient (Wildman–Crippen LogP) is 2.11. The van der Waals surface area contributed by atoms with Crippen LogP contribution in [0.25, 0.3) is 0 Å². The Morgan fingerprint density at radius 3 is 2.37 bits per heavy atom. The van der Waals surface area contributed by atoms with Crippen molar-refractivity contribution < 1.29 is 28.7 Å². The molecule has 0 bridgehead atoms. The van der Waals surface area contributed by atoms with Gasteiger partial charge in [0.05, 0.1) is 6.42 Å². The van der Waals surface area contributed by atoms with E-state index >= 15 is 0 Å². The van der Waals surface area contributed by atoms with E-state index in [2.05, 4.69) is 5.32 Å². The number of carbonyl (C=O) groups is 2. The number of carboxylic acid groups (broad SMARTS) is 1. The first-order valence-corrected chi connectivity index (χ1v) is 10.6. The number of aliphatic carboxylic acids is 1. The van der Waals surface area contributed by atoms with Gasteiger partial charge in [-0.2, -0.15) is 0 Å². The number of amides is 1. The molecule has 8 nitrogen and oxygen atoms in total.